The number of esters is 1. The number of phenolic OH excluding ortho intramolecular Hbond substituents is 1. The predicted molar refractivity (Wildman–Crippen MR) is 103 cm³/mol. The van der Waals surface area contributed by atoms with E-state index in [-0.39, 0.29) is 18.3 Å². The van der Waals surface area contributed by atoms with Gasteiger partial charge in [-0.3, -0.25) is 4.79 Å². The van der Waals surface area contributed by atoms with E-state index >= 15 is 0 Å². The van der Waals surface area contributed by atoms with Crippen LogP contribution >= 0.6 is 11.6 Å². The van der Waals surface area contributed by atoms with Crippen molar-refractivity contribution < 1.29 is 24.2 Å². The summed E-state index contributed by atoms with van der Waals surface area (Å²) in [5, 5.41) is 12.8. The number of rotatable bonds is 8. The molecule has 1 amide bonds. The van der Waals surface area contributed by atoms with Gasteiger partial charge in [0.15, 0.2) is 18.1 Å². The number of phenols is 1. The molecule has 0 radical (unpaired) electrons. The molecular weight excluding hydrogens is 370 g/mol. The van der Waals surface area contributed by atoms with Crippen LogP contribution < -0.4 is 10.1 Å². The second-order valence-electron chi connectivity index (χ2n) is 5.60. The standard InChI is InChI=1S/C20H20ClNO5/c1-26-18-12-15(5-7-17(18)23)6-8-20(25)27-13-19(24)22-10-9-14-3-2-4-16(21)11-14/h2-8,11-12,23H,9-10,13H2,1H3,(H,22,24)/b8-6+. The van der Waals surface area contributed by atoms with Crippen LogP contribution in [0.4, 0.5) is 0 Å². The summed E-state index contributed by atoms with van der Waals surface area (Å²) < 4.78 is 9.88. The Bertz CT molecular complexity index is 835. The van der Waals surface area contributed by atoms with E-state index in [2.05, 4.69) is 5.32 Å². The Morgan fingerprint density at radius 2 is 2.04 bits per heavy atom. The first kappa shape index (κ1) is 20.3. The molecule has 0 saturated heterocycles. The highest BCUT2D eigenvalue weighted by Crippen LogP contribution is 2.26. The fourth-order valence-corrected chi connectivity index (χ4v) is 2.45. The van der Waals surface area contributed by atoms with E-state index in [1.165, 1.54) is 25.3 Å². The quantitative estimate of drug-likeness (QED) is 0.535. The average molecular weight is 390 g/mol. The maximum atomic E-state index is 11.7. The molecule has 2 rings (SSSR count). The summed E-state index contributed by atoms with van der Waals surface area (Å²) in [5.74, 6) is -0.728. The molecule has 7 heteroatoms. The Labute approximate surface area is 162 Å². The SMILES string of the molecule is COc1cc(/C=C/C(=O)OCC(=O)NCCc2cccc(Cl)c2)ccc1O. The van der Waals surface area contributed by atoms with E-state index < -0.39 is 5.97 Å². The molecule has 0 aromatic heterocycles. The van der Waals surface area contributed by atoms with Crippen molar-refractivity contribution in [2.24, 2.45) is 0 Å². The number of aromatic hydroxyl groups is 1. The van der Waals surface area contributed by atoms with Crippen LogP contribution in [0.2, 0.25) is 5.02 Å². The Kier molecular flexibility index (Phi) is 7.70. The van der Waals surface area contributed by atoms with E-state index in [0.29, 0.717) is 29.3 Å². The molecule has 6 nitrogen and oxygen atoms in total. The van der Waals surface area contributed by atoms with Gasteiger partial charge in [-0.2, -0.15) is 0 Å². The number of benzene rings is 2. The van der Waals surface area contributed by atoms with Gasteiger partial charge in [0.05, 0.1) is 7.11 Å². The van der Waals surface area contributed by atoms with Crippen LogP contribution in [0.5, 0.6) is 11.5 Å². The molecule has 0 unspecified atom stereocenters. The summed E-state index contributed by atoms with van der Waals surface area (Å²) in [6.45, 7) is 0.0531. The largest absolute Gasteiger partial charge is 0.504 e. The first-order valence-electron chi connectivity index (χ1n) is 8.21. The van der Waals surface area contributed by atoms with E-state index in [4.69, 9.17) is 21.1 Å². The molecule has 0 fully saturated rings. The van der Waals surface area contributed by atoms with E-state index in [1.54, 1.807) is 18.2 Å². The van der Waals surface area contributed by atoms with Gasteiger partial charge < -0.3 is 19.9 Å². The topological polar surface area (TPSA) is 84.9 Å². The zero-order valence-electron chi connectivity index (χ0n) is 14.8. The lowest BCUT2D eigenvalue weighted by Crippen LogP contribution is -2.30. The zero-order valence-corrected chi connectivity index (χ0v) is 15.5. The van der Waals surface area contributed by atoms with Crippen LogP contribution in [0.3, 0.4) is 0 Å². The molecule has 0 aliphatic carbocycles. The van der Waals surface area contributed by atoms with Gasteiger partial charge in [-0.15, -0.1) is 0 Å². The lowest BCUT2D eigenvalue weighted by Gasteiger charge is -2.06. The van der Waals surface area contributed by atoms with Gasteiger partial charge in [0.1, 0.15) is 0 Å². The summed E-state index contributed by atoms with van der Waals surface area (Å²) in [6, 6.07) is 12.0. The molecule has 0 saturated carbocycles. The molecule has 0 aliphatic rings. The minimum absolute atomic E-state index is 0.00618. The maximum Gasteiger partial charge on any atom is 0.331 e. The number of carbonyl (C=O) groups is 2. The normalized spacial score (nSPS) is 10.6. The van der Waals surface area contributed by atoms with Crippen LogP contribution in [0.15, 0.2) is 48.5 Å². The van der Waals surface area contributed by atoms with Crippen molar-refractivity contribution >= 4 is 29.6 Å². The fraction of sp³-hybridized carbons (Fsp3) is 0.200. The van der Waals surface area contributed by atoms with Gasteiger partial charge in [-0.1, -0.05) is 29.8 Å². The Hall–Kier alpha value is -2.99. The second-order valence-corrected chi connectivity index (χ2v) is 6.04. The number of hydrogen-bond donors (Lipinski definition) is 2. The van der Waals surface area contributed by atoms with Crippen molar-refractivity contribution in [2.45, 2.75) is 6.42 Å². The summed E-state index contributed by atoms with van der Waals surface area (Å²) in [4.78, 5) is 23.4. The summed E-state index contributed by atoms with van der Waals surface area (Å²) >= 11 is 5.90. The molecule has 0 heterocycles. The number of hydrogen-bond acceptors (Lipinski definition) is 5. The van der Waals surface area contributed by atoms with Crippen molar-refractivity contribution in [1.29, 1.82) is 0 Å². The van der Waals surface area contributed by atoms with Crippen LogP contribution in [0.1, 0.15) is 11.1 Å². The van der Waals surface area contributed by atoms with Crippen molar-refractivity contribution in [3.63, 3.8) is 0 Å². The van der Waals surface area contributed by atoms with Gasteiger partial charge in [0.2, 0.25) is 0 Å². The monoisotopic (exact) mass is 389 g/mol. The molecule has 0 atom stereocenters. The summed E-state index contributed by atoms with van der Waals surface area (Å²) in [6.07, 6.45) is 3.33. The summed E-state index contributed by atoms with van der Waals surface area (Å²) in [5.41, 5.74) is 1.65. The van der Waals surface area contributed by atoms with E-state index in [1.807, 2.05) is 18.2 Å². The van der Waals surface area contributed by atoms with E-state index in [0.717, 1.165) is 5.56 Å². The minimum Gasteiger partial charge on any atom is -0.504 e. The van der Waals surface area contributed by atoms with Crippen LogP contribution in [-0.4, -0.2) is 37.2 Å². The van der Waals surface area contributed by atoms with Crippen molar-refractivity contribution in [1.82, 2.24) is 5.32 Å². The van der Waals surface area contributed by atoms with Crippen molar-refractivity contribution in [3.8, 4) is 11.5 Å². The predicted octanol–water partition coefficient (Wildman–Crippen LogP) is 2.97. The Morgan fingerprint density at radius 3 is 2.78 bits per heavy atom. The maximum absolute atomic E-state index is 11.7. The zero-order chi connectivity index (χ0) is 19.6. The third-order valence-electron chi connectivity index (χ3n) is 3.59. The van der Waals surface area contributed by atoms with Gasteiger partial charge in [0.25, 0.3) is 5.91 Å². The molecule has 2 aromatic rings. The molecule has 0 bridgehead atoms. The van der Waals surface area contributed by atoms with Crippen molar-refractivity contribution in [2.75, 3.05) is 20.3 Å². The molecule has 27 heavy (non-hydrogen) atoms. The molecular formula is C20H20ClNO5. The summed E-state index contributed by atoms with van der Waals surface area (Å²) in [7, 11) is 1.43. The van der Waals surface area contributed by atoms with Crippen LogP contribution in [0, 0.1) is 0 Å². The second kappa shape index (κ2) is 10.2. The number of carbonyl (C=O) groups excluding carboxylic acids is 2. The number of ether oxygens (including phenoxy) is 2. The van der Waals surface area contributed by atoms with Gasteiger partial charge in [-0.05, 0) is 47.9 Å². The number of nitrogens with one attached hydrogen (secondary N) is 1. The Morgan fingerprint density at radius 1 is 1.22 bits per heavy atom. The van der Waals surface area contributed by atoms with Crippen LogP contribution in [0.25, 0.3) is 6.08 Å². The first-order chi connectivity index (χ1) is 13.0. The minimum atomic E-state index is -0.646. The highest BCUT2D eigenvalue weighted by molar-refractivity contribution is 6.30. The van der Waals surface area contributed by atoms with E-state index in [9.17, 15) is 14.7 Å². The van der Waals surface area contributed by atoms with Crippen molar-refractivity contribution in [3.05, 3.63) is 64.7 Å². The third-order valence-corrected chi connectivity index (χ3v) is 3.82. The van der Waals surface area contributed by atoms with Crippen LogP contribution in [-0.2, 0) is 20.7 Å². The number of methoxy groups -OCH3 is 1. The molecule has 0 aliphatic heterocycles. The molecule has 0 spiro atoms. The average Bonchev–Trinajstić information content (AvgIpc) is 2.65. The highest BCUT2D eigenvalue weighted by atomic mass is 35.5. The number of amides is 1. The van der Waals surface area contributed by atoms with Gasteiger partial charge >= 0.3 is 5.97 Å². The third kappa shape index (κ3) is 7.03. The van der Waals surface area contributed by atoms with Gasteiger partial charge in [-0.25, -0.2) is 4.79 Å². The molecule has 142 valence electrons. The van der Waals surface area contributed by atoms with Gasteiger partial charge in [0, 0.05) is 17.6 Å². The molecule has 2 aromatic carbocycles. The lowest BCUT2D eigenvalue weighted by molar-refractivity contribution is -0.143. The molecule has 2 N–H and O–H groups in total. The highest BCUT2D eigenvalue weighted by Gasteiger charge is 2.06. The number of halogens is 1. The first-order valence-corrected chi connectivity index (χ1v) is 8.58. The fourth-order valence-electron chi connectivity index (χ4n) is 2.24. The Balaban J connectivity index is 1.72. The lowest BCUT2D eigenvalue weighted by atomic mass is 10.1. The smallest absolute Gasteiger partial charge is 0.331 e.